The quantitative estimate of drug-likeness (QED) is 0.513. The number of aromatic nitrogens is 3. The van der Waals surface area contributed by atoms with Crippen LogP contribution in [0.25, 0.3) is 0 Å². The average Bonchev–Trinajstić information content (AvgIpc) is 2.08. The van der Waals surface area contributed by atoms with Gasteiger partial charge in [-0.3, -0.25) is 0 Å². The molecule has 9 heavy (non-hydrogen) atoms. The van der Waals surface area contributed by atoms with Gasteiger partial charge >= 0.3 is 0 Å². The van der Waals surface area contributed by atoms with E-state index in [1.165, 1.54) is 0 Å². The second-order valence-electron chi connectivity index (χ2n) is 2.96. The van der Waals surface area contributed by atoms with Gasteiger partial charge < -0.3 is 0 Å². The van der Waals surface area contributed by atoms with Gasteiger partial charge in [0, 0.05) is 0 Å². The molecule has 0 aliphatic rings. The second kappa shape index (κ2) is 1.83. The molecule has 1 heterocycles. The van der Waals surface area contributed by atoms with Crippen molar-refractivity contribution in [1.29, 1.82) is 0 Å². The molecular formula is C6H10N3. The fraction of sp³-hybridized carbons (Fsp3) is 0.667. The van der Waals surface area contributed by atoms with Crippen molar-refractivity contribution in [2.24, 2.45) is 0 Å². The lowest BCUT2D eigenvalue weighted by molar-refractivity contribution is 0.354. The van der Waals surface area contributed by atoms with Crippen molar-refractivity contribution in [3.05, 3.63) is 12.7 Å². The minimum atomic E-state index is 0.0347. The molecule has 0 saturated heterocycles. The first-order chi connectivity index (χ1) is 4.11. The molecule has 0 aromatic carbocycles. The van der Waals surface area contributed by atoms with E-state index in [1.807, 2.05) is 0 Å². The Labute approximate surface area is 54.7 Å². The zero-order valence-electron chi connectivity index (χ0n) is 5.92. The Bertz CT molecular complexity index is 171. The van der Waals surface area contributed by atoms with Crippen LogP contribution in [0.2, 0.25) is 0 Å². The van der Waals surface area contributed by atoms with E-state index in [0.717, 1.165) is 0 Å². The normalized spacial score (nSPS) is 11.9. The van der Waals surface area contributed by atoms with Gasteiger partial charge in [0.25, 0.3) is 0 Å². The van der Waals surface area contributed by atoms with Crippen molar-refractivity contribution in [1.82, 2.24) is 14.8 Å². The van der Waals surface area contributed by atoms with Gasteiger partial charge in [0.05, 0.1) is 5.54 Å². The summed E-state index contributed by atoms with van der Waals surface area (Å²) in [6.45, 7) is 6.20. The van der Waals surface area contributed by atoms with E-state index in [2.05, 4.69) is 37.2 Å². The molecule has 49 valence electrons. The summed E-state index contributed by atoms with van der Waals surface area (Å²) in [6, 6.07) is 0. The van der Waals surface area contributed by atoms with Crippen LogP contribution < -0.4 is 0 Å². The van der Waals surface area contributed by atoms with Crippen molar-refractivity contribution in [3.63, 3.8) is 0 Å². The molecule has 1 aromatic rings. The van der Waals surface area contributed by atoms with Crippen LogP contribution in [0.4, 0.5) is 0 Å². The standard InChI is InChI=1S/C6H10N3/c1-6(2,3)9-5-7-4-8-9/h5H,1-3H3. The molecule has 1 rings (SSSR count). The van der Waals surface area contributed by atoms with E-state index < -0.39 is 0 Å². The second-order valence-corrected chi connectivity index (χ2v) is 2.96. The molecule has 3 heteroatoms. The molecule has 0 fully saturated rings. The summed E-state index contributed by atoms with van der Waals surface area (Å²) in [5, 5.41) is 3.87. The maximum atomic E-state index is 3.87. The topological polar surface area (TPSA) is 30.7 Å². The first kappa shape index (κ1) is 6.26. The highest BCUT2D eigenvalue weighted by Crippen LogP contribution is 2.08. The van der Waals surface area contributed by atoms with Gasteiger partial charge in [0.15, 0.2) is 0 Å². The zero-order valence-corrected chi connectivity index (χ0v) is 5.92. The van der Waals surface area contributed by atoms with E-state index in [-0.39, 0.29) is 5.54 Å². The van der Waals surface area contributed by atoms with Crippen molar-refractivity contribution in [2.45, 2.75) is 26.3 Å². The maximum absolute atomic E-state index is 3.87. The Morgan fingerprint density at radius 1 is 1.44 bits per heavy atom. The molecule has 0 N–H and O–H groups in total. The van der Waals surface area contributed by atoms with Crippen LogP contribution in [0.15, 0.2) is 6.33 Å². The molecule has 0 aliphatic heterocycles. The zero-order chi connectivity index (χ0) is 6.91. The van der Waals surface area contributed by atoms with Crippen LogP contribution in [-0.4, -0.2) is 14.8 Å². The van der Waals surface area contributed by atoms with E-state index >= 15 is 0 Å². The van der Waals surface area contributed by atoms with Crippen LogP contribution in [0.3, 0.4) is 0 Å². The van der Waals surface area contributed by atoms with Gasteiger partial charge in [-0.2, -0.15) is 0 Å². The minimum Gasteiger partial charge on any atom is -0.247 e. The number of hydrogen-bond donors (Lipinski definition) is 0. The van der Waals surface area contributed by atoms with Crippen LogP contribution in [0, 0.1) is 6.33 Å². The lowest BCUT2D eigenvalue weighted by Crippen LogP contribution is -2.21. The van der Waals surface area contributed by atoms with Crippen LogP contribution in [-0.2, 0) is 5.54 Å². The Balaban J connectivity index is 2.90. The molecule has 0 saturated carbocycles. The number of nitrogens with zero attached hydrogens (tertiary/aromatic N) is 3. The average molecular weight is 124 g/mol. The Morgan fingerprint density at radius 3 is 2.33 bits per heavy atom. The third kappa shape index (κ3) is 1.28. The predicted molar refractivity (Wildman–Crippen MR) is 33.9 cm³/mol. The highest BCUT2D eigenvalue weighted by molar-refractivity contribution is 4.70. The molecule has 0 bridgehead atoms. The Kier molecular flexibility index (Phi) is 1.27. The van der Waals surface area contributed by atoms with Crippen LogP contribution in [0.1, 0.15) is 20.8 Å². The summed E-state index contributed by atoms with van der Waals surface area (Å²) in [7, 11) is 0. The maximum Gasteiger partial charge on any atom is 0.220 e. The molecule has 0 unspecified atom stereocenters. The molecule has 1 radical (unpaired) electrons. The van der Waals surface area contributed by atoms with Gasteiger partial charge in [0.2, 0.25) is 6.33 Å². The van der Waals surface area contributed by atoms with E-state index in [0.29, 0.717) is 0 Å². The molecule has 3 nitrogen and oxygen atoms in total. The van der Waals surface area contributed by atoms with Gasteiger partial charge in [-0.25, -0.2) is 9.67 Å². The molecule has 0 atom stereocenters. The van der Waals surface area contributed by atoms with Gasteiger partial charge in [0.1, 0.15) is 6.33 Å². The summed E-state index contributed by atoms with van der Waals surface area (Å²) in [5.74, 6) is 0. The smallest absolute Gasteiger partial charge is 0.220 e. The summed E-state index contributed by atoms with van der Waals surface area (Å²) >= 11 is 0. The van der Waals surface area contributed by atoms with Crippen LogP contribution >= 0.6 is 0 Å². The number of hydrogen-bond acceptors (Lipinski definition) is 2. The van der Waals surface area contributed by atoms with Gasteiger partial charge in [-0.05, 0) is 20.8 Å². The summed E-state index contributed by atoms with van der Waals surface area (Å²) < 4.78 is 1.77. The lowest BCUT2D eigenvalue weighted by atomic mass is 10.1. The third-order valence-electron chi connectivity index (χ3n) is 1.06. The first-order valence-electron chi connectivity index (χ1n) is 2.89. The van der Waals surface area contributed by atoms with Gasteiger partial charge in [-0.1, -0.05) is 0 Å². The third-order valence-corrected chi connectivity index (χ3v) is 1.06. The molecule has 1 aromatic heterocycles. The summed E-state index contributed by atoms with van der Waals surface area (Å²) in [5.41, 5.74) is 0.0347. The van der Waals surface area contributed by atoms with Crippen molar-refractivity contribution in [2.75, 3.05) is 0 Å². The Morgan fingerprint density at radius 2 is 2.11 bits per heavy atom. The molecule has 0 aliphatic carbocycles. The molecular weight excluding hydrogens is 114 g/mol. The monoisotopic (exact) mass is 124 g/mol. The van der Waals surface area contributed by atoms with E-state index in [4.69, 9.17) is 0 Å². The SMILES string of the molecule is CC(C)(C)n1cn[c]n1. The Hall–Kier alpha value is -0.860. The highest BCUT2D eigenvalue weighted by Gasteiger charge is 2.11. The van der Waals surface area contributed by atoms with Crippen molar-refractivity contribution in [3.8, 4) is 0 Å². The lowest BCUT2D eigenvalue weighted by Gasteiger charge is -2.17. The first-order valence-corrected chi connectivity index (χ1v) is 2.89. The van der Waals surface area contributed by atoms with Crippen LogP contribution in [0.5, 0.6) is 0 Å². The summed E-state index contributed by atoms with van der Waals surface area (Å²) in [4.78, 5) is 3.72. The van der Waals surface area contributed by atoms with Crippen molar-refractivity contribution >= 4 is 0 Å². The molecule has 0 amide bonds. The fourth-order valence-corrected chi connectivity index (χ4v) is 0.504. The fourth-order valence-electron chi connectivity index (χ4n) is 0.504. The summed E-state index contributed by atoms with van der Waals surface area (Å²) in [6.07, 6.45) is 4.17. The minimum absolute atomic E-state index is 0.0347. The van der Waals surface area contributed by atoms with Gasteiger partial charge in [-0.15, -0.1) is 5.10 Å². The molecule has 0 spiro atoms. The van der Waals surface area contributed by atoms with Crippen molar-refractivity contribution < 1.29 is 0 Å². The largest absolute Gasteiger partial charge is 0.247 e. The van der Waals surface area contributed by atoms with E-state index in [9.17, 15) is 0 Å². The number of rotatable bonds is 0. The predicted octanol–water partition coefficient (Wildman–Crippen LogP) is 0.833. The van der Waals surface area contributed by atoms with E-state index in [1.54, 1.807) is 11.0 Å². The highest BCUT2D eigenvalue weighted by atomic mass is 15.3.